The molecule has 0 amide bonds. The van der Waals surface area contributed by atoms with Crippen LogP contribution in [0.25, 0.3) is 0 Å². The normalized spacial score (nSPS) is 14.8. The molecule has 30 heavy (non-hydrogen) atoms. The Hall–Kier alpha value is -2.76. The second-order valence-electron chi connectivity index (χ2n) is 7.19. The molecular formula is C22H23FN2O4S. The summed E-state index contributed by atoms with van der Waals surface area (Å²) in [5.74, 6) is -1.03. The van der Waals surface area contributed by atoms with Crippen LogP contribution in [0.3, 0.4) is 0 Å². The highest BCUT2D eigenvalue weighted by molar-refractivity contribution is 7.89. The second-order valence-corrected chi connectivity index (χ2v) is 9.13. The number of hydrogen-bond donors (Lipinski definition) is 0. The van der Waals surface area contributed by atoms with Crippen LogP contribution in [-0.4, -0.2) is 31.8 Å². The molecule has 0 unspecified atom stereocenters. The van der Waals surface area contributed by atoms with Gasteiger partial charge in [0.1, 0.15) is 12.4 Å². The fourth-order valence-electron chi connectivity index (χ4n) is 3.31. The van der Waals surface area contributed by atoms with Crippen molar-refractivity contribution >= 4 is 16.0 Å². The van der Waals surface area contributed by atoms with Gasteiger partial charge in [-0.05, 0) is 55.2 Å². The van der Waals surface area contributed by atoms with Crippen LogP contribution in [0.2, 0.25) is 0 Å². The van der Waals surface area contributed by atoms with E-state index in [1.165, 1.54) is 22.5 Å². The number of nitriles is 1. The van der Waals surface area contributed by atoms with Crippen LogP contribution in [0, 0.1) is 17.1 Å². The predicted octanol–water partition coefficient (Wildman–Crippen LogP) is 3.55. The van der Waals surface area contributed by atoms with Crippen molar-refractivity contribution in [1.82, 2.24) is 4.31 Å². The predicted molar refractivity (Wildman–Crippen MR) is 108 cm³/mol. The topological polar surface area (TPSA) is 87.5 Å². The Bertz CT molecular complexity index is 1040. The van der Waals surface area contributed by atoms with Gasteiger partial charge in [-0.25, -0.2) is 12.8 Å². The number of carbonyl (C=O) groups is 1. The average Bonchev–Trinajstić information content (AvgIpc) is 2.78. The zero-order chi connectivity index (χ0) is 21.6. The summed E-state index contributed by atoms with van der Waals surface area (Å²) in [6.45, 7) is 0.856. The minimum Gasteiger partial charge on any atom is -0.461 e. The van der Waals surface area contributed by atoms with Gasteiger partial charge in [0, 0.05) is 25.1 Å². The fourth-order valence-corrected chi connectivity index (χ4v) is 4.83. The second kappa shape index (κ2) is 9.83. The molecule has 1 aliphatic rings. The molecule has 0 spiro atoms. The monoisotopic (exact) mass is 430 g/mol. The highest BCUT2D eigenvalue weighted by Crippen LogP contribution is 2.21. The molecule has 3 rings (SSSR count). The molecule has 0 saturated carbocycles. The molecule has 8 heteroatoms. The average molecular weight is 431 g/mol. The van der Waals surface area contributed by atoms with Gasteiger partial charge in [0.05, 0.1) is 16.5 Å². The van der Waals surface area contributed by atoms with Crippen molar-refractivity contribution in [2.45, 2.75) is 43.6 Å². The molecule has 1 heterocycles. The number of aryl methyl sites for hydroxylation is 1. The standard InChI is InChI=1S/C22H23FN2O4S/c23-21-10-6-18(15-24)14-19(21)16-29-22(26)11-7-17-4-8-20(9-5-17)30(27,28)25-12-2-1-3-13-25/h4-6,8-10,14H,1-3,7,11-13,16H2. The van der Waals surface area contributed by atoms with E-state index >= 15 is 0 Å². The first-order valence-electron chi connectivity index (χ1n) is 9.83. The van der Waals surface area contributed by atoms with Gasteiger partial charge >= 0.3 is 5.97 Å². The van der Waals surface area contributed by atoms with Crippen molar-refractivity contribution in [3.8, 4) is 6.07 Å². The summed E-state index contributed by atoms with van der Waals surface area (Å²) in [6, 6.07) is 12.3. The van der Waals surface area contributed by atoms with Crippen molar-refractivity contribution in [3.63, 3.8) is 0 Å². The van der Waals surface area contributed by atoms with Crippen LogP contribution in [0.15, 0.2) is 47.4 Å². The Balaban J connectivity index is 1.52. The summed E-state index contributed by atoms with van der Waals surface area (Å²) < 4.78 is 45.7. The Morgan fingerprint density at radius 2 is 1.80 bits per heavy atom. The van der Waals surface area contributed by atoms with Crippen molar-refractivity contribution in [1.29, 1.82) is 5.26 Å². The summed E-state index contributed by atoms with van der Waals surface area (Å²) in [4.78, 5) is 12.2. The van der Waals surface area contributed by atoms with Crippen LogP contribution in [0.5, 0.6) is 0 Å². The zero-order valence-electron chi connectivity index (χ0n) is 16.5. The zero-order valence-corrected chi connectivity index (χ0v) is 17.3. The summed E-state index contributed by atoms with van der Waals surface area (Å²) in [6.07, 6.45) is 3.27. The van der Waals surface area contributed by atoms with E-state index in [4.69, 9.17) is 10.00 Å². The first-order valence-corrected chi connectivity index (χ1v) is 11.3. The third-order valence-corrected chi connectivity index (χ3v) is 6.97. The molecular weight excluding hydrogens is 407 g/mol. The summed E-state index contributed by atoms with van der Waals surface area (Å²) >= 11 is 0. The number of sulfonamides is 1. The van der Waals surface area contributed by atoms with Crippen LogP contribution < -0.4 is 0 Å². The number of rotatable bonds is 7. The molecule has 0 radical (unpaired) electrons. The largest absolute Gasteiger partial charge is 0.461 e. The van der Waals surface area contributed by atoms with Crippen LogP contribution in [-0.2, 0) is 32.6 Å². The lowest BCUT2D eigenvalue weighted by molar-refractivity contribution is -0.144. The van der Waals surface area contributed by atoms with Crippen LogP contribution in [0.1, 0.15) is 42.4 Å². The van der Waals surface area contributed by atoms with Crippen molar-refractivity contribution in [2.24, 2.45) is 0 Å². The summed E-state index contributed by atoms with van der Waals surface area (Å²) in [5, 5.41) is 8.86. The third kappa shape index (κ3) is 5.43. The van der Waals surface area contributed by atoms with E-state index in [-0.39, 0.29) is 23.5 Å². The van der Waals surface area contributed by atoms with E-state index in [1.54, 1.807) is 24.3 Å². The Morgan fingerprint density at radius 1 is 1.10 bits per heavy atom. The molecule has 1 saturated heterocycles. The van der Waals surface area contributed by atoms with E-state index < -0.39 is 21.8 Å². The maximum absolute atomic E-state index is 13.7. The smallest absolute Gasteiger partial charge is 0.306 e. The van der Waals surface area contributed by atoms with Crippen LogP contribution in [0.4, 0.5) is 4.39 Å². The van der Waals surface area contributed by atoms with Crippen LogP contribution >= 0.6 is 0 Å². The molecule has 1 fully saturated rings. The Kier molecular flexibility index (Phi) is 7.19. The number of piperidine rings is 1. The molecule has 0 bridgehead atoms. The van der Waals surface area contributed by atoms with Crippen molar-refractivity contribution in [2.75, 3.05) is 13.1 Å². The lowest BCUT2D eigenvalue weighted by atomic mass is 10.1. The number of carbonyl (C=O) groups excluding carboxylic acids is 1. The molecule has 0 aliphatic carbocycles. The minimum absolute atomic E-state index is 0.0811. The van der Waals surface area contributed by atoms with Gasteiger partial charge in [0.15, 0.2) is 0 Å². The molecule has 2 aromatic carbocycles. The van der Waals surface area contributed by atoms with E-state index in [1.807, 2.05) is 6.07 Å². The Labute approximate surface area is 175 Å². The molecule has 0 aromatic heterocycles. The molecule has 2 aromatic rings. The Morgan fingerprint density at radius 3 is 2.47 bits per heavy atom. The number of benzene rings is 2. The number of ether oxygens (including phenoxy) is 1. The molecule has 6 nitrogen and oxygen atoms in total. The van der Waals surface area contributed by atoms with Gasteiger partial charge in [-0.3, -0.25) is 4.79 Å². The van der Waals surface area contributed by atoms with Gasteiger partial charge in [0.2, 0.25) is 10.0 Å². The number of nitrogens with zero attached hydrogens (tertiary/aromatic N) is 2. The van der Waals surface area contributed by atoms with E-state index in [2.05, 4.69) is 0 Å². The minimum atomic E-state index is -3.48. The van der Waals surface area contributed by atoms with Gasteiger partial charge in [-0.15, -0.1) is 0 Å². The first kappa shape index (κ1) is 21.9. The highest BCUT2D eigenvalue weighted by Gasteiger charge is 2.25. The van der Waals surface area contributed by atoms with Gasteiger partial charge < -0.3 is 4.74 Å². The fraction of sp³-hybridized carbons (Fsp3) is 0.364. The first-order chi connectivity index (χ1) is 14.4. The molecule has 1 aliphatic heterocycles. The van der Waals surface area contributed by atoms with E-state index in [0.717, 1.165) is 24.8 Å². The quantitative estimate of drug-likeness (QED) is 0.627. The number of esters is 1. The van der Waals surface area contributed by atoms with Crippen molar-refractivity contribution in [3.05, 3.63) is 65.0 Å². The number of hydrogen-bond acceptors (Lipinski definition) is 5. The van der Waals surface area contributed by atoms with E-state index in [0.29, 0.717) is 25.1 Å². The maximum Gasteiger partial charge on any atom is 0.306 e. The molecule has 0 atom stereocenters. The summed E-state index contributed by atoms with van der Waals surface area (Å²) in [7, 11) is -3.48. The maximum atomic E-state index is 13.7. The van der Waals surface area contributed by atoms with Gasteiger partial charge in [-0.2, -0.15) is 9.57 Å². The van der Waals surface area contributed by atoms with Gasteiger partial charge in [-0.1, -0.05) is 18.6 Å². The SMILES string of the molecule is N#Cc1ccc(F)c(COC(=O)CCc2ccc(S(=O)(=O)N3CCCCC3)cc2)c1. The van der Waals surface area contributed by atoms with Crippen molar-refractivity contribution < 1.29 is 22.3 Å². The number of halogens is 1. The lowest BCUT2D eigenvalue weighted by Crippen LogP contribution is -2.35. The summed E-state index contributed by atoms with van der Waals surface area (Å²) in [5.41, 5.74) is 1.25. The highest BCUT2D eigenvalue weighted by atomic mass is 32.2. The molecule has 0 N–H and O–H groups in total. The third-order valence-electron chi connectivity index (χ3n) is 5.06. The molecule has 158 valence electrons. The van der Waals surface area contributed by atoms with E-state index in [9.17, 15) is 17.6 Å². The van der Waals surface area contributed by atoms with Gasteiger partial charge in [0.25, 0.3) is 0 Å². The lowest BCUT2D eigenvalue weighted by Gasteiger charge is -2.25.